The molecule has 0 aromatic rings. The summed E-state index contributed by atoms with van der Waals surface area (Å²) in [6.07, 6.45) is 2.69. The first kappa shape index (κ1) is 8.01. The number of hydrogen-bond donors (Lipinski definition) is 2. The maximum Gasteiger partial charge on any atom is 0.217 e. The van der Waals surface area contributed by atoms with Gasteiger partial charge < -0.3 is 11.5 Å². The highest BCUT2D eigenvalue weighted by molar-refractivity contribution is 5.73. The molecule has 0 saturated carbocycles. The number of carbonyl (C=O) groups excluding carboxylic acids is 1. The lowest BCUT2D eigenvalue weighted by atomic mass is 10.2. The van der Waals surface area contributed by atoms with Crippen molar-refractivity contribution in [2.75, 3.05) is 0 Å². The van der Waals surface area contributed by atoms with Crippen LogP contribution in [-0.4, -0.2) is 5.91 Å². The molecule has 1 amide bonds. The topological polar surface area (TPSA) is 69.1 Å². The van der Waals surface area contributed by atoms with Crippen LogP contribution in [0.1, 0.15) is 19.8 Å². The molecular weight excluding hydrogens is 116 g/mol. The van der Waals surface area contributed by atoms with Crippen LogP contribution in [0, 0.1) is 0 Å². The van der Waals surface area contributed by atoms with Crippen molar-refractivity contribution in [3.05, 3.63) is 11.8 Å². The number of hydrogen-bond acceptors (Lipinski definition) is 2. The minimum atomic E-state index is -0.306. The zero-order valence-corrected chi connectivity index (χ0v) is 5.55. The van der Waals surface area contributed by atoms with Gasteiger partial charge in [0.15, 0.2) is 0 Å². The Labute approximate surface area is 54.7 Å². The second kappa shape index (κ2) is 3.95. The zero-order chi connectivity index (χ0) is 7.28. The van der Waals surface area contributed by atoms with E-state index in [1.807, 2.05) is 6.92 Å². The molecule has 0 aliphatic heterocycles. The molecule has 0 spiro atoms. The fourth-order valence-corrected chi connectivity index (χ4v) is 0.412. The van der Waals surface area contributed by atoms with Gasteiger partial charge in [-0.15, -0.1) is 0 Å². The third-order valence-electron chi connectivity index (χ3n) is 1.03. The summed E-state index contributed by atoms with van der Waals surface area (Å²) in [5.74, 6) is -0.306. The average Bonchev–Trinajstić information content (AvgIpc) is 1.83. The summed E-state index contributed by atoms with van der Waals surface area (Å²) in [4.78, 5) is 10.2. The molecule has 9 heavy (non-hydrogen) atoms. The lowest BCUT2D eigenvalue weighted by molar-refractivity contribution is -0.117. The summed E-state index contributed by atoms with van der Waals surface area (Å²) < 4.78 is 0. The molecule has 0 radical (unpaired) electrons. The normalized spacial score (nSPS) is 11.4. The highest BCUT2D eigenvalue weighted by atomic mass is 16.1. The second-order valence-electron chi connectivity index (χ2n) is 1.83. The Morgan fingerprint density at radius 1 is 1.44 bits per heavy atom. The van der Waals surface area contributed by atoms with Crippen molar-refractivity contribution < 1.29 is 4.79 Å². The van der Waals surface area contributed by atoms with Crippen LogP contribution in [0.25, 0.3) is 0 Å². The van der Waals surface area contributed by atoms with Gasteiger partial charge in [-0.3, -0.25) is 4.79 Å². The molecule has 0 bridgehead atoms. The lowest BCUT2D eigenvalue weighted by Crippen LogP contribution is -2.11. The van der Waals surface area contributed by atoms with E-state index in [-0.39, 0.29) is 5.91 Å². The van der Waals surface area contributed by atoms with Crippen molar-refractivity contribution in [3.63, 3.8) is 0 Å². The Hall–Kier alpha value is -0.990. The summed E-state index contributed by atoms with van der Waals surface area (Å²) in [6, 6.07) is 0. The van der Waals surface area contributed by atoms with Gasteiger partial charge in [0.2, 0.25) is 5.91 Å². The second-order valence-corrected chi connectivity index (χ2v) is 1.83. The maximum atomic E-state index is 10.2. The van der Waals surface area contributed by atoms with Crippen LogP contribution in [0.15, 0.2) is 11.8 Å². The molecule has 0 fully saturated rings. The Bertz CT molecular complexity index is 129. The molecule has 3 heteroatoms. The molecule has 0 heterocycles. The van der Waals surface area contributed by atoms with Crippen LogP contribution in [0.4, 0.5) is 0 Å². The number of allylic oxidation sites excluding steroid dienone is 2. The highest BCUT2D eigenvalue weighted by Gasteiger charge is 1.93. The van der Waals surface area contributed by atoms with Gasteiger partial charge in [-0.1, -0.05) is 6.08 Å². The Morgan fingerprint density at radius 3 is 2.33 bits per heavy atom. The van der Waals surface area contributed by atoms with Gasteiger partial charge in [0, 0.05) is 12.1 Å². The number of nitrogens with two attached hydrogens (primary N) is 2. The van der Waals surface area contributed by atoms with E-state index in [1.54, 1.807) is 6.08 Å². The van der Waals surface area contributed by atoms with Crippen LogP contribution < -0.4 is 11.5 Å². The largest absolute Gasteiger partial charge is 0.402 e. The van der Waals surface area contributed by atoms with E-state index in [1.165, 1.54) is 0 Å². The smallest absolute Gasteiger partial charge is 0.217 e. The van der Waals surface area contributed by atoms with E-state index in [4.69, 9.17) is 11.5 Å². The van der Waals surface area contributed by atoms with Crippen molar-refractivity contribution >= 4 is 5.91 Å². The summed E-state index contributed by atoms with van der Waals surface area (Å²) >= 11 is 0. The number of amides is 1. The number of rotatable bonds is 3. The van der Waals surface area contributed by atoms with Crippen LogP contribution >= 0.6 is 0 Å². The average molecular weight is 128 g/mol. The van der Waals surface area contributed by atoms with Crippen LogP contribution in [0.5, 0.6) is 0 Å². The molecule has 4 N–H and O–H groups in total. The highest BCUT2D eigenvalue weighted by Crippen LogP contribution is 1.95. The molecule has 0 rings (SSSR count). The van der Waals surface area contributed by atoms with Crippen LogP contribution in [-0.2, 0) is 4.79 Å². The van der Waals surface area contributed by atoms with E-state index in [0.717, 1.165) is 0 Å². The lowest BCUT2D eigenvalue weighted by Gasteiger charge is -1.94. The predicted molar refractivity (Wildman–Crippen MR) is 36.4 cm³/mol. The molecule has 0 aromatic heterocycles. The zero-order valence-electron chi connectivity index (χ0n) is 5.55. The molecule has 0 atom stereocenters. The fraction of sp³-hybridized carbons (Fsp3) is 0.500. The Kier molecular flexibility index (Phi) is 3.51. The summed E-state index contributed by atoms with van der Waals surface area (Å²) in [5, 5.41) is 0. The van der Waals surface area contributed by atoms with E-state index >= 15 is 0 Å². The summed E-state index contributed by atoms with van der Waals surface area (Å²) in [7, 11) is 0. The SMILES string of the molecule is C/C=C(\N)CCC(N)=O. The van der Waals surface area contributed by atoms with Crippen molar-refractivity contribution in [1.29, 1.82) is 0 Å². The van der Waals surface area contributed by atoms with Gasteiger partial charge in [-0.05, 0) is 13.3 Å². The van der Waals surface area contributed by atoms with Crippen molar-refractivity contribution in [2.24, 2.45) is 11.5 Å². The minimum Gasteiger partial charge on any atom is -0.402 e. The van der Waals surface area contributed by atoms with Gasteiger partial charge in [0.05, 0.1) is 0 Å². The molecule has 0 unspecified atom stereocenters. The Balaban J connectivity index is 3.39. The van der Waals surface area contributed by atoms with Crippen LogP contribution in [0.3, 0.4) is 0 Å². The van der Waals surface area contributed by atoms with Gasteiger partial charge in [0.25, 0.3) is 0 Å². The van der Waals surface area contributed by atoms with E-state index in [0.29, 0.717) is 18.5 Å². The molecule has 3 nitrogen and oxygen atoms in total. The van der Waals surface area contributed by atoms with E-state index < -0.39 is 0 Å². The minimum absolute atomic E-state index is 0.306. The van der Waals surface area contributed by atoms with Crippen molar-refractivity contribution in [3.8, 4) is 0 Å². The standard InChI is InChI=1S/C6H12N2O/c1-2-5(7)3-4-6(8)9/h2H,3-4,7H2,1H3,(H2,8,9)/b5-2-. The number of primary amides is 1. The van der Waals surface area contributed by atoms with Gasteiger partial charge in [-0.25, -0.2) is 0 Å². The fourth-order valence-electron chi connectivity index (χ4n) is 0.412. The third-order valence-corrected chi connectivity index (χ3v) is 1.03. The first-order valence-corrected chi connectivity index (χ1v) is 2.85. The Morgan fingerprint density at radius 2 is 2.00 bits per heavy atom. The molecule has 0 aliphatic rings. The van der Waals surface area contributed by atoms with Crippen molar-refractivity contribution in [1.82, 2.24) is 0 Å². The summed E-state index contributed by atoms with van der Waals surface area (Å²) in [5.41, 5.74) is 11.0. The van der Waals surface area contributed by atoms with Crippen LogP contribution in [0.2, 0.25) is 0 Å². The molecular formula is C6H12N2O. The van der Waals surface area contributed by atoms with E-state index in [9.17, 15) is 4.79 Å². The van der Waals surface area contributed by atoms with Gasteiger partial charge >= 0.3 is 0 Å². The quantitative estimate of drug-likeness (QED) is 0.566. The third kappa shape index (κ3) is 4.87. The van der Waals surface area contributed by atoms with Crippen molar-refractivity contribution in [2.45, 2.75) is 19.8 Å². The molecule has 52 valence electrons. The maximum absolute atomic E-state index is 10.2. The van der Waals surface area contributed by atoms with Gasteiger partial charge in [-0.2, -0.15) is 0 Å². The monoisotopic (exact) mass is 128 g/mol. The molecule has 0 aliphatic carbocycles. The number of carbonyl (C=O) groups is 1. The van der Waals surface area contributed by atoms with Gasteiger partial charge in [0.1, 0.15) is 0 Å². The molecule has 0 aromatic carbocycles. The van der Waals surface area contributed by atoms with E-state index in [2.05, 4.69) is 0 Å². The first-order chi connectivity index (χ1) is 4.16. The first-order valence-electron chi connectivity index (χ1n) is 2.85. The predicted octanol–water partition coefficient (Wildman–Crippen LogP) is 0.114. The summed E-state index contributed by atoms with van der Waals surface area (Å²) in [6.45, 7) is 1.83. The molecule has 0 saturated heterocycles.